The molecule has 1 saturated heterocycles. The molecule has 2 amide bonds. The number of hydrogen-bond acceptors (Lipinski definition) is 4. The van der Waals surface area contributed by atoms with E-state index in [9.17, 15) is 14.0 Å². The van der Waals surface area contributed by atoms with Gasteiger partial charge in [0.1, 0.15) is 11.6 Å². The molecule has 1 aliphatic heterocycles. The first-order valence-corrected chi connectivity index (χ1v) is 9.58. The molecule has 0 radical (unpaired) electrons. The highest BCUT2D eigenvalue weighted by Crippen LogP contribution is 2.19. The molecule has 1 aromatic carbocycles. The van der Waals surface area contributed by atoms with E-state index in [1.165, 1.54) is 18.3 Å². The number of likely N-dealkylation sites (tertiary alicyclic amines) is 1. The van der Waals surface area contributed by atoms with Crippen LogP contribution in [0.1, 0.15) is 19.3 Å². The van der Waals surface area contributed by atoms with Crippen molar-refractivity contribution in [2.24, 2.45) is 5.92 Å². The molecule has 2 N–H and O–H groups in total. The minimum Gasteiger partial charge on any atom is -0.324 e. The molecule has 148 valence electrons. The van der Waals surface area contributed by atoms with E-state index in [1.807, 2.05) is 0 Å². The summed E-state index contributed by atoms with van der Waals surface area (Å²) in [5.74, 6) is -0.490. The number of hydrogen-bond donors (Lipinski definition) is 2. The van der Waals surface area contributed by atoms with Crippen LogP contribution in [0.3, 0.4) is 0 Å². The molecule has 3 rings (SSSR count). The van der Waals surface area contributed by atoms with Crippen LogP contribution < -0.4 is 10.6 Å². The number of amides is 2. The van der Waals surface area contributed by atoms with Gasteiger partial charge in [-0.2, -0.15) is 0 Å². The van der Waals surface area contributed by atoms with Crippen molar-refractivity contribution >= 4 is 34.9 Å². The molecule has 1 atom stereocenters. The second kappa shape index (κ2) is 9.61. The molecule has 0 spiro atoms. The van der Waals surface area contributed by atoms with Gasteiger partial charge in [-0.3, -0.25) is 9.59 Å². The highest BCUT2D eigenvalue weighted by atomic mass is 35.5. The fourth-order valence-electron chi connectivity index (χ4n) is 3.19. The number of carbonyl (C=O) groups is 2. The van der Waals surface area contributed by atoms with Gasteiger partial charge in [0.15, 0.2) is 0 Å². The number of halogens is 2. The number of anilines is 2. The van der Waals surface area contributed by atoms with Gasteiger partial charge in [-0.15, -0.1) is 0 Å². The van der Waals surface area contributed by atoms with Crippen LogP contribution in [-0.4, -0.2) is 41.3 Å². The molecule has 0 aliphatic carbocycles. The van der Waals surface area contributed by atoms with Crippen molar-refractivity contribution < 1.29 is 14.0 Å². The van der Waals surface area contributed by atoms with E-state index in [1.54, 1.807) is 24.3 Å². The Balaban J connectivity index is 1.46. The molecule has 2 aromatic rings. The van der Waals surface area contributed by atoms with E-state index >= 15 is 0 Å². The summed E-state index contributed by atoms with van der Waals surface area (Å²) in [5, 5.41) is 5.90. The largest absolute Gasteiger partial charge is 0.324 e. The standard InChI is InChI=1S/C20H22ClFN4O2/c21-15-7-8-18(23-12-15)25-20(28)14-4-3-10-26(13-14)11-9-19(27)24-17-6-2-1-5-16(17)22/h1-2,5-8,12,14H,3-4,9-11,13H2,(H,24,27)(H,23,25,28). The van der Waals surface area contributed by atoms with Crippen molar-refractivity contribution in [3.8, 4) is 0 Å². The first kappa shape index (κ1) is 20.2. The summed E-state index contributed by atoms with van der Waals surface area (Å²) in [7, 11) is 0. The van der Waals surface area contributed by atoms with Crippen molar-refractivity contribution in [1.82, 2.24) is 9.88 Å². The third-order valence-electron chi connectivity index (χ3n) is 4.66. The average molecular weight is 405 g/mol. The van der Waals surface area contributed by atoms with Crippen molar-refractivity contribution in [1.29, 1.82) is 0 Å². The molecule has 8 heteroatoms. The number of carbonyl (C=O) groups excluding carboxylic acids is 2. The van der Waals surface area contributed by atoms with Crippen LogP contribution >= 0.6 is 11.6 Å². The first-order valence-electron chi connectivity index (χ1n) is 9.20. The Morgan fingerprint density at radius 2 is 2.04 bits per heavy atom. The van der Waals surface area contributed by atoms with Crippen molar-refractivity contribution in [2.45, 2.75) is 19.3 Å². The van der Waals surface area contributed by atoms with E-state index in [0.717, 1.165) is 19.4 Å². The van der Waals surface area contributed by atoms with Gasteiger partial charge in [0.05, 0.1) is 16.6 Å². The van der Waals surface area contributed by atoms with Crippen LogP contribution in [0, 0.1) is 11.7 Å². The van der Waals surface area contributed by atoms with E-state index in [0.29, 0.717) is 23.9 Å². The quantitative estimate of drug-likeness (QED) is 0.772. The Bertz CT molecular complexity index is 831. The molecule has 2 heterocycles. The van der Waals surface area contributed by atoms with Gasteiger partial charge in [-0.1, -0.05) is 23.7 Å². The fourth-order valence-corrected chi connectivity index (χ4v) is 3.30. The van der Waals surface area contributed by atoms with E-state index < -0.39 is 5.82 Å². The third-order valence-corrected chi connectivity index (χ3v) is 4.88. The molecule has 0 bridgehead atoms. The maximum Gasteiger partial charge on any atom is 0.229 e. The average Bonchev–Trinajstić information content (AvgIpc) is 2.70. The second-order valence-corrected chi connectivity index (χ2v) is 7.21. The maximum atomic E-state index is 13.6. The Kier molecular flexibility index (Phi) is 6.95. The molecule has 28 heavy (non-hydrogen) atoms. The number of aromatic nitrogens is 1. The summed E-state index contributed by atoms with van der Waals surface area (Å²) >= 11 is 5.80. The molecular formula is C20H22ClFN4O2. The van der Waals surface area contributed by atoms with E-state index in [-0.39, 0.29) is 29.8 Å². The molecule has 0 saturated carbocycles. The minimum atomic E-state index is -0.457. The lowest BCUT2D eigenvalue weighted by molar-refractivity contribution is -0.121. The highest BCUT2D eigenvalue weighted by molar-refractivity contribution is 6.30. The topological polar surface area (TPSA) is 74.3 Å². The zero-order valence-corrected chi connectivity index (χ0v) is 16.1. The van der Waals surface area contributed by atoms with Crippen molar-refractivity contribution in [3.63, 3.8) is 0 Å². The van der Waals surface area contributed by atoms with Gasteiger partial charge in [0.25, 0.3) is 0 Å². The summed E-state index contributed by atoms with van der Waals surface area (Å²) in [5.41, 5.74) is 0.180. The van der Waals surface area contributed by atoms with Crippen LogP contribution in [0.25, 0.3) is 0 Å². The minimum absolute atomic E-state index is 0.0877. The number of benzene rings is 1. The van der Waals surface area contributed by atoms with E-state index in [2.05, 4.69) is 20.5 Å². The summed E-state index contributed by atoms with van der Waals surface area (Å²) in [6.07, 6.45) is 3.39. The predicted molar refractivity (Wildman–Crippen MR) is 107 cm³/mol. The SMILES string of the molecule is O=C(CCN1CCCC(C(=O)Nc2ccc(Cl)cn2)C1)Nc1ccccc1F. The second-order valence-electron chi connectivity index (χ2n) is 6.77. The Morgan fingerprint density at radius 1 is 1.21 bits per heavy atom. The van der Waals surface area contributed by atoms with Gasteiger partial charge in [-0.25, -0.2) is 9.37 Å². The fraction of sp³-hybridized carbons (Fsp3) is 0.350. The summed E-state index contributed by atoms with van der Waals surface area (Å²) in [6, 6.07) is 9.41. The summed E-state index contributed by atoms with van der Waals surface area (Å²) < 4.78 is 13.6. The number of nitrogens with zero attached hydrogens (tertiary/aromatic N) is 2. The zero-order chi connectivity index (χ0) is 19.9. The first-order chi connectivity index (χ1) is 13.5. The van der Waals surface area contributed by atoms with Crippen LogP contribution in [0.4, 0.5) is 15.9 Å². The lowest BCUT2D eigenvalue weighted by Crippen LogP contribution is -2.41. The van der Waals surface area contributed by atoms with Crippen LogP contribution in [0.15, 0.2) is 42.6 Å². The molecule has 6 nitrogen and oxygen atoms in total. The monoisotopic (exact) mass is 404 g/mol. The number of pyridine rings is 1. The van der Waals surface area contributed by atoms with Gasteiger partial charge in [0, 0.05) is 25.7 Å². The van der Waals surface area contributed by atoms with Crippen LogP contribution in [-0.2, 0) is 9.59 Å². The van der Waals surface area contributed by atoms with Gasteiger partial charge < -0.3 is 15.5 Å². The number of rotatable bonds is 6. The molecule has 1 aliphatic rings. The Morgan fingerprint density at radius 3 is 2.79 bits per heavy atom. The molecule has 1 fully saturated rings. The Hall–Kier alpha value is -2.51. The lowest BCUT2D eigenvalue weighted by atomic mass is 9.97. The molecular weight excluding hydrogens is 383 g/mol. The van der Waals surface area contributed by atoms with Crippen molar-refractivity contribution in [3.05, 3.63) is 53.4 Å². The number of piperidine rings is 1. The van der Waals surface area contributed by atoms with Gasteiger partial charge >= 0.3 is 0 Å². The van der Waals surface area contributed by atoms with Gasteiger partial charge in [-0.05, 0) is 43.7 Å². The lowest BCUT2D eigenvalue weighted by Gasteiger charge is -2.31. The molecule has 1 unspecified atom stereocenters. The number of para-hydroxylation sites is 1. The van der Waals surface area contributed by atoms with Crippen LogP contribution in [0.5, 0.6) is 0 Å². The summed E-state index contributed by atoms with van der Waals surface area (Å²) in [6.45, 7) is 1.92. The Labute approximate surface area is 168 Å². The van der Waals surface area contributed by atoms with Crippen molar-refractivity contribution in [2.75, 3.05) is 30.3 Å². The molecule has 1 aromatic heterocycles. The third kappa shape index (κ3) is 5.74. The zero-order valence-electron chi connectivity index (χ0n) is 15.3. The highest BCUT2D eigenvalue weighted by Gasteiger charge is 2.26. The smallest absolute Gasteiger partial charge is 0.229 e. The van der Waals surface area contributed by atoms with Gasteiger partial charge in [0.2, 0.25) is 11.8 Å². The van der Waals surface area contributed by atoms with E-state index in [4.69, 9.17) is 11.6 Å². The van der Waals surface area contributed by atoms with Crippen LogP contribution in [0.2, 0.25) is 5.02 Å². The maximum absolute atomic E-state index is 13.6. The summed E-state index contributed by atoms with van der Waals surface area (Å²) in [4.78, 5) is 30.7. The predicted octanol–water partition coefficient (Wildman–Crippen LogP) is 3.55. The normalized spacial score (nSPS) is 17.1. The number of nitrogens with one attached hydrogen (secondary N) is 2.